The number of benzodiazepines with no additional fused rings is 1. The number of fused-ring (bicyclic) bond motifs is 1. The van der Waals surface area contributed by atoms with Crippen LogP contribution in [0.3, 0.4) is 0 Å². The third-order valence-electron chi connectivity index (χ3n) is 4.11. The van der Waals surface area contributed by atoms with Gasteiger partial charge in [-0.25, -0.2) is 14.3 Å². The monoisotopic (exact) mass is 329 g/mol. The number of quaternary nitrogens is 1. The number of rotatable bonds is 1. The zero-order chi connectivity index (χ0) is 16.8. The summed E-state index contributed by atoms with van der Waals surface area (Å²) in [7, 11) is 3.49. The lowest BCUT2D eigenvalue weighted by molar-refractivity contribution is -0.145. The van der Waals surface area contributed by atoms with Gasteiger partial charge in [0.25, 0.3) is 5.72 Å². The maximum atomic E-state index is 12.8. The molecule has 1 N–H and O–H groups in total. The maximum Gasteiger partial charge on any atom is 0.372 e. The van der Waals surface area contributed by atoms with E-state index in [1.54, 1.807) is 26.2 Å². The Bertz CT molecular complexity index is 811. The van der Waals surface area contributed by atoms with Crippen LogP contribution in [0.25, 0.3) is 0 Å². The van der Waals surface area contributed by atoms with E-state index in [9.17, 15) is 9.90 Å². The summed E-state index contributed by atoms with van der Waals surface area (Å²) in [6, 6.07) is 14.8. The Morgan fingerprint density at radius 1 is 1.13 bits per heavy atom. The second-order valence-corrected chi connectivity index (χ2v) is 6.70. The first kappa shape index (κ1) is 15.9. The number of carbonyl (C=O) groups is 1. The summed E-state index contributed by atoms with van der Waals surface area (Å²) in [5, 5.41) is 11.2. The highest BCUT2D eigenvalue weighted by molar-refractivity contribution is 6.31. The summed E-state index contributed by atoms with van der Waals surface area (Å²) in [5.74, 6) is -0.396. The lowest BCUT2D eigenvalue weighted by Crippen LogP contribution is -2.56. The van der Waals surface area contributed by atoms with Crippen molar-refractivity contribution in [2.45, 2.75) is 12.6 Å². The van der Waals surface area contributed by atoms with E-state index in [-0.39, 0.29) is 4.48 Å². The standard InChI is InChI=1S/C18H18ClN2O2/c1-18(23)17(22)21(2,3)15-10-9-13(19)11-14(15)16(20-18)12-7-5-4-6-8-12/h4-11,23H,1-3H3/q+1. The largest absolute Gasteiger partial charge is 0.372 e. The number of carbonyl (C=O) groups excluding carboxylic acids is 1. The molecule has 0 bridgehead atoms. The van der Waals surface area contributed by atoms with Crippen molar-refractivity contribution in [1.82, 2.24) is 4.48 Å². The van der Waals surface area contributed by atoms with E-state index < -0.39 is 11.6 Å². The Morgan fingerprint density at radius 2 is 1.78 bits per heavy atom. The fraction of sp³-hybridized carbons (Fsp3) is 0.222. The highest BCUT2D eigenvalue weighted by Gasteiger charge is 2.48. The molecule has 2 aromatic rings. The van der Waals surface area contributed by atoms with Gasteiger partial charge in [0, 0.05) is 16.7 Å². The van der Waals surface area contributed by atoms with E-state index in [1.165, 1.54) is 6.92 Å². The van der Waals surface area contributed by atoms with E-state index in [4.69, 9.17) is 11.6 Å². The van der Waals surface area contributed by atoms with Gasteiger partial charge in [-0.2, -0.15) is 0 Å². The van der Waals surface area contributed by atoms with Gasteiger partial charge in [0.2, 0.25) is 0 Å². The molecule has 0 saturated heterocycles. The fourth-order valence-electron chi connectivity index (χ4n) is 2.97. The zero-order valence-corrected chi connectivity index (χ0v) is 14.0. The van der Waals surface area contributed by atoms with Crippen LogP contribution in [0.2, 0.25) is 5.02 Å². The summed E-state index contributed by atoms with van der Waals surface area (Å²) in [6.07, 6.45) is 0. The fourth-order valence-corrected chi connectivity index (χ4v) is 3.14. The van der Waals surface area contributed by atoms with Gasteiger partial charge in [-0.1, -0.05) is 41.9 Å². The Balaban J connectivity index is 2.38. The molecule has 3 rings (SSSR count). The summed E-state index contributed by atoms with van der Waals surface area (Å²) < 4.78 is -0.112. The van der Waals surface area contributed by atoms with E-state index >= 15 is 0 Å². The number of nitrogens with zero attached hydrogens (tertiary/aromatic N) is 2. The topological polar surface area (TPSA) is 49.7 Å². The molecule has 0 aromatic heterocycles. The number of aliphatic hydroxyl groups is 1. The molecule has 2 aromatic carbocycles. The van der Waals surface area contributed by atoms with Gasteiger partial charge in [0.15, 0.2) is 0 Å². The molecule has 1 unspecified atom stereocenters. The van der Waals surface area contributed by atoms with Crippen LogP contribution in [-0.2, 0) is 4.79 Å². The lowest BCUT2D eigenvalue weighted by Gasteiger charge is -2.29. The summed E-state index contributed by atoms with van der Waals surface area (Å²) in [5.41, 5.74) is 1.07. The van der Waals surface area contributed by atoms with Gasteiger partial charge in [0.05, 0.1) is 25.4 Å². The van der Waals surface area contributed by atoms with Gasteiger partial charge < -0.3 is 5.11 Å². The highest BCUT2D eigenvalue weighted by Crippen LogP contribution is 2.35. The molecule has 0 fully saturated rings. The molecular formula is C18H18ClN2O2+. The molecule has 0 saturated carbocycles. The van der Waals surface area contributed by atoms with Crippen LogP contribution in [-0.4, -0.2) is 36.5 Å². The van der Waals surface area contributed by atoms with Crippen molar-refractivity contribution in [2.24, 2.45) is 4.99 Å². The van der Waals surface area contributed by atoms with Crippen molar-refractivity contribution < 1.29 is 9.90 Å². The molecule has 1 amide bonds. The number of hydrogen-bond acceptors (Lipinski definition) is 3. The molecule has 1 aliphatic heterocycles. The molecule has 0 radical (unpaired) electrons. The molecule has 1 aliphatic rings. The molecule has 1 heterocycles. The van der Waals surface area contributed by atoms with Crippen molar-refractivity contribution in [3.63, 3.8) is 0 Å². The van der Waals surface area contributed by atoms with E-state index in [2.05, 4.69) is 4.99 Å². The number of aliphatic imine (C=N–C) groups is 1. The molecule has 1 atom stereocenters. The molecule has 0 spiro atoms. The smallest absolute Gasteiger partial charge is 0.359 e. The van der Waals surface area contributed by atoms with E-state index in [1.807, 2.05) is 36.4 Å². The van der Waals surface area contributed by atoms with Crippen LogP contribution in [0.15, 0.2) is 53.5 Å². The maximum absolute atomic E-state index is 12.8. The molecular weight excluding hydrogens is 312 g/mol. The zero-order valence-electron chi connectivity index (χ0n) is 13.2. The van der Waals surface area contributed by atoms with Crippen LogP contribution in [0.5, 0.6) is 0 Å². The molecule has 23 heavy (non-hydrogen) atoms. The molecule has 0 aliphatic carbocycles. The van der Waals surface area contributed by atoms with Gasteiger partial charge >= 0.3 is 5.91 Å². The summed E-state index contributed by atoms with van der Waals surface area (Å²) >= 11 is 6.17. The van der Waals surface area contributed by atoms with Crippen LogP contribution >= 0.6 is 11.6 Å². The first-order valence-electron chi connectivity index (χ1n) is 7.30. The average molecular weight is 330 g/mol. The van der Waals surface area contributed by atoms with Crippen molar-refractivity contribution in [3.8, 4) is 0 Å². The van der Waals surface area contributed by atoms with Crippen molar-refractivity contribution in [1.29, 1.82) is 0 Å². The van der Waals surface area contributed by atoms with Gasteiger partial charge in [-0.05, 0) is 19.1 Å². The number of hydrogen-bond donors (Lipinski definition) is 1. The minimum atomic E-state index is -1.82. The number of amides is 1. The average Bonchev–Trinajstić information content (AvgIpc) is 2.57. The Labute approximate surface area is 140 Å². The first-order valence-corrected chi connectivity index (χ1v) is 7.68. The number of benzene rings is 2. The van der Waals surface area contributed by atoms with Crippen LogP contribution in [0.1, 0.15) is 18.1 Å². The second-order valence-electron chi connectivity index (χ2n) is 6.27. The van der Waals surface area contributed by atoms with Crippen LogP contribution in [0.4, 0.5) is 5.69 Å². The van der Waals surface area contributed by atoms with E-state index in [0.29, 0.717) is 10.7 Å². The van der Waals surface area contributed by atoms with E-state index in [0.717, 1.165) is 16.8 Å². The Kier molecular flexibility index (Phi) is 3.64. The van der Waals surface area contributed by atoms with Crippen LogP contribution < -0.4 is 4.48 Å². The van der Waals surface area contributed by atoms with Crippen molar-refractivity contribution >= 4 is 28.9 Å². The quantitative estimate of drug-likeness (QED) is 0.818. The van der Waals surface area contributed by atoms with Crippen molar-refractivity contribution in [2.75, 3.05) is 14.1 Å². The second kappa shape index (κ2) is 5.27. The molecule has 4 nitrogen and oxygen atoms in total. The molecule has 5 heteroatoms. The third-order valence-corrected chi connectivity index (χ3v) is 4.34. The normalized spacial score (nSPS) is 23.0. The molecule has 118 valence electrons. The summed E-state index contributed by atoms with van der Waals surface area (Å²) in [4.78, 5) is 17.2. The van der Waals surface area contributed by atoms with Crippen LogP contribution in [0, 0.1) is 0 Å². The minimum absolute atomic E-state index is 0.112. The number of halogens is 1. The summed E-state index contributed by atoms with van der Waals surface area (Å²) in [6.45, 7) is 1.42. The lowest BCUT2D eigenvalue weighted by atomic mass is 10.00. The first-order chi connectivity index (χ1) is 10.7. The predicted octanol–water partition coefficient (Wildman–Crippen LogP) is 2.99. The number of likely N-dealkylation sites (N-methyl/N-ethyl adjacent to an activating group) is 1. The van der Waals surface area contributed by atoms with Gasteiger partial charge in [0.1, 0.15) is 5.69 Å². The Morgan fingerprint density at radius 3 is 2.43 bits per heavy atom. The van der Waals surface area contributed by atoms with Gasteiger partial charge in [-0.15, -0.1) is 0 Å². The highest BCUT2D eigenvalue weighted by atomic mass is 35.5. The van der Waals surface area contributed by atoms with Gasteiger partial charge in [-0.3, -0.25) is 0 Å². The third kappa shape index (κ3) is 2.59. The minimum Gasteiger partial charge on any atom is -0.359 e. The SMILES string of the molecule is CC1(O)N=C(c2ccccc2)c2cc(Cl)ccc2[N+](C)(C)C1=O. The van der Waals surface area contributed by atoms with Crippen molar-refractivity contribution in [3.05, 3.63) is 64.7 Å². The predicted molar refractivity (Wildman–Crippen MR) is 92.8 cm³/mol. The Hall–Kier alpha value is -2.01.